The van der Waals surface area contributed by atoms with Gasteiger partial charge in [0.05, 0.1) is 12.6 Å². The second kappa shape index (κ2) is 7.97. The van der Waals surface area contributed by atoms with Gasteiger partial charge in [-0.3, -0.25) is 4.90 Å². The fourth-order valence-electron chi connectivity index (χ4n) is 3.28. The van der Waals surface area contributed by atoms with E-state index >= 15 is 0 Å². The molecule has 3 aromatic rings. The van der Waals surface area contributed by atoms with Crippen LogP contribution < -0.4 is 0 Å². The fraction of sp³-hybridized carbons (Fsp3) is 0.316. The minimum Gasteiger partial charge on any atom is -0.288 e. The Labute approximate surface area is 156 Å². The first-order chi connectivity index (χ1) is 12.8. The third kappa shape index (κ3) is 3.78. The average molecular weight is 369 g/mol. The molecule has 0 spiro atoms. The number of hydrogen-bond donors (Lipinski definition) is 0. The minimum absolute atomic E-state index is 0.0739. The van der Waals surface area contributed by atoms with Gasteiger partial charge in [0.2, 0.25) is 0 Å². The van der Waals surface area contributed by atoms with Crippen LogP contribution in [0.1, 0.15) is 23.0 Å². The van der Waals surface area contributed by atoms with Crippen molar-refractivity contribution in [2.75, 3.05) is 24.6 Å². The zero-order valence-corrected chi connectivity index (χ0v) is 15.1. The van der Waals surface area contributed by atoms with Gasteiger partial charge in [-0.25, -0.2) is 9.07 Å². The lowest BCUT2D eigenvalue weighted by Crippen LogP contribution is -2.38. The summed E-state index contributed by atoms with van der Waals surface area (Å²) in [6.07, 6.45) is 0. The van der Waals surface area contributed by atoms with Crippen LogP contribution in [-0.2, 0) is 6.54 Å². The van der Waals surface area contributed by atoms with Crippen molar-refractivity contribution >= 4 is 11.8 Å². The summed E-state index contributed by atoms with van der Waals surface area (Å²) in [6.45, 7) is 2.54. The van der Waals surface area contributed by atoms with Crippen LogP contribution in [0.15, 0.2) is 54.6 Å². The van der Waals surface area contributed by atoms with Gasteiger partial charge in [0, 0.05) is 24.6 Å². The number of rotatable bonds is 5. The first kappa shape index (κ1) is 17.2. The van der Waals surface area contributed by atoms with Crippen LogP contribution in [-0.4, -0.2) is 49.7 Å². The van der Waals surface area contributed by atoms with Crippen molar-refractivity contribution in [2.24, 2.45) is 0 Å². The molecule has 5 nitrogen and oxygen atoms in total. The van der Waals surface area contributed by atoms with Crippen molar-refractivity contribution in [3.63, 3.8) is 0 Å². The Balaban J connectivity index is 1.70. The summed E-state index contributed by atoms with van der Waals surface area (Å²) < 4.78 is 15.3. The molecule has 1 aliphatic rings. The first-order valence-corrected chi connectivity index (χ1v) is 9.84. The van der Waals surface area contributed by atoms with E-state index in [0.29, 0.717) is 6.54 Å². The Kier molecular flexibility index (Phi) is 5.26. The number of benzene rings is 2. The normalized spacial score (nSPS) is 16.5. The maximum Gasteiger partial charge on any atom is 0.173 e. The maximum atomic E-state index is 13.4. The number of halogens is 1. The number of thioether (sulfide) groups is 1. The van der Waals surface area contributed by atoms with Crippen molar-refractivity contribution in [1.82, 2.24) is 25.1 Å². The molecule has 1 fully saturated rings. The van der Waals surface area contributed by atoms with Crippen molar-refractivity contribution in [1.29, 1.82) is 0 Å². The standard InChI is InChI=1S/C19H20FN5S/c20-17-8-6-16(7-9-17)18(24-10-12-26-13-11-24)19-21-22-23-25(19)14-15-4-2-1-3-5-15/h1-9,18H,10-14H2/t18-/m0/s1. The van der Waals surface area contributed by atoms with Gasteiger partial charge >= 0.3 is 0 Å². The Bertz CT molecular complexity index is 831. The van der Waals surface area contributed by atoms with Crippen LogP contribution in [0.5, 0.6) is 0 Å². The molecule has 0 radical (unpaired) electrons. The minimum atomic E-state index is -0.231. The maximum absolute atomic E-state index is 13.4. The molecule has 0 saturated carbocycles. The molecule has 0 bridgehead atoms. The summed E-state index contributed by atoms with van der Waals surface area (Å²) in [5, 5.41) is 12.5. The van der Waals surface area contributed by atoms with Gasteiger partial charge in [-0.1, -0.05) is 42.5 Å². The van der Waals surface area contributed by atoms with Crippen molar-refractivity contribution < 1.29 is 4.39 Å². The Hall–Kier alpha value is -2.25. The molecule has 1 aromatic heterocycles. The first-order valence-electron chi connectivity index (χ1n) is 8.68. The molecule has 0 aliphatic carbocycles. The zero-order chi connectivity index (χ0) is 17.8. The second-order valence-electron chi connectivity index (χ2n) is 6.28. The van der Waals surface area contributed by atoms with Gasteiger partial charge in [0.15, 0.2) is 5.82 Å². The monoisotopic (exact) mass is 369 g/mol. The highest BCUT2D eigenvalue weighted by molar-refractivity contribution is 7.99. The van der Waals surface area contributed by atoms with Crippen molar-refractivity contribution in [3.8, 4) is 0 Å². The Morgan fingerprint density at radius 1 is 1.00 bits per heavy atom. The molecule has 7 heteroatoms. The molecule has 1 saturated heterocycles. The molecule has 4 rings (SSSR count). The summed E-state index contributed by atoms with van der Waals surface area (Å²) >= 11 is 1.96. The second-order valence-corrected chi connectivity index (χ2v) is 7.51. The highest BCUT2D eigenvalue weighted by Crippen LogP contribution is 2.29. The summed E-state index contributed by atoms with van der Waals surface area (Å²) in [6, 6.07) is 16.8. The number of nitrogens with zero attached hydrogens (tertiary/aromatic N) is 5. The molecule has 134 valence electrons. The summed E-state index contributed by atoms with van der Waals surface area (Å²) in [7, 11) is 0. The lowest BCUT2D eigenvalue weighted by molar-refractivity contribution is 0.235. The van der Waals surface area contributed by atoms with Crippen LogP contribution in [0.3, 0.4) is 0 Å². The van der Waals surface area contributed by atoms with Gasteiger partial charge in [-0.2, -0.15) is 11.8 Å². The van der Waals surface area contributed by atoms with E-state index < -0.39 is 0 Å². The van der Waals surface area contributed by atoms with E-state index in [0.717, 1.165) is 41.5 Å². The van der Waals surface area contributed by atoms with Crippen molar-refractivity contribution in [2.45, 2.75) is 12.6 Å². The van der Waals surface area contributed by atoms with E-state index in [1.54, 1.807) is 0 Å². The van der Waals surface area contributed by atoms with Gasteiger partial charge in [-0.05, 0) is 33.7 Å². The van der Waals surface area contributed by atoms with Crippen molar-refractivity contribution in [3.05, 3.63) is 77.4 Å². The molecular weight excluding hydrogens is 349 g/mol. The van der Waals surface area contributed by atoms with Gasteiger partial charge in [0.1, 0.15) is 5.82 Å². The molecule has 2 heterocycles. The number of tetrazole rings is 1. The predicted molar refractivity (Wildman–Crippen MR) is 101 cm³/mol. The van der Waals surface area contributed by atoms with Crippen LogP contribution in [0.4, 0.5) is 4.39 Å². The average Bonchev–Trinajstić information content (AvgIpc) is 3.13. The SMILES string of the molecule is Fc1ccc([C@@H](c2nnnn2Cc2ccccc2)N2CCSCC2)cc1. The largest absolute Gasteiger partial charge is 0.288 e. The van der Waals surface area contributed by atoms with E-state index in [1.807, 2.05) is 46.8 Å². The van der Waals surface area contributed by atoms with Crippen LogP contribution in [0, 0.1) is 5.82 Å². The van der Waals surface area contributed by atoms with Gasteiger partial charge in [0.25, 0.3) is 0 Å². The Morgan fingerprint density at radius 3 is 2.46 bits per heavy atom. The molecule has 1 aliphatic heterocycles. The van der Waals surface area contributed by atoms with E-state index in [9.17, 15) is 4.39 Å². The lowest BCUT2D eigenvalue weighted by Gasteiger charge is -2.33. The van der Waals surface area contributed by atoms with E-state index in [1.165, 1.54) is 12.1 Å². The number of aromatic nitrogens is 4. The summed E-state index contributed by atoms with van der Waals surface area (Å²) in [4.78, 5) is 2.39. The van der Waals surface area contributed by atoms with E-state index in [-0.39, 0.29) is 11.9 Å². The van der Waals surface area contributed by atoms with Gasteiger partial charge in [-0.15, -0.1) is 5.10 Å². The third-order valence-corrected chi connectivity index (χ3v) is 5.52. The lowest BCUT2D eigenvalue weighted by atomic mass is 10.0. The van der Waals surface area contributed by atoms with Crippen LogP contribution >= 0.6 is 11.8 Å². The smallest absolute Gasteiger partial charge is 0.173 e. The van der Waals surface area contributed by atoms with Gasteiger partial charge < -0.3 is 0 Å². The fourth-order valence-corrected chi connectivity index (χ4v) is 4.21. The zero-order valence-electron chi connectivity index (χ0n) is 14.3. The third-order valence-electron chi connectivity index (χ3n) is 4.58. The van der Waals surface area contributed by atoms with E-state index in [2.05, 4.69) is 32.6 Å². The quantitative estimate of drug-likeness (QED) is 0.692. The molecule has 0 amide bonds. The summed E-state index contributed by atoms with van der Waals surface area (Å²) in [5.41, 5.74) is 2.16. The molecule has 2 aromatic carbocycles. The molecule has 0 unspecified atom stereocenters. The topological polar surface area (TPSA) is 46.8 Å². The molecular formula is C19H20FN5S. The molecule has 0 N–H and O–H groups in total. The number of hydrogen-bond acceptors (Lipinski definition) is 5. The molecule has 26 heavy (non-hydrogen) atoms. The highest BCUT2D eigenvalue weighted by atomic mass is 32.2. The predicted octanol–water partition coefficient (Wildman–Crippen LogP) is 3.00. The van der Waals surface area contributed by atoms with Crippen LogP contribution in [0.25, 0.3) is 0 Å². The molecule has 1 atom stereocenters. The van der Waals surface area contributed by atoms with E-state index in [4.69, 9.17) is 0 Å². The summed E-state index contributed by atoms with van der Waals surface area (Å²) in [5.74, 6) is 2.73. The Morgan fingerprint density at radius 2 is 1.73 bits per heavy atom. The van der Waals surface area contributed by atoms with Crippen LogP contribution in [0.2, 0.25) is 0 Å². The highest BCUT2D eigenvalue weighted by Gasteiger charge is 2.29.